The van der Waals surface area contributed by atoms with Gasteiger partial charge in [-0.3, -0.25) is 0 Å². The van der Waals surface area contributed by atoms with Gasteiger partial charge in [-0.25, -0.2) is 9.97 Å². The van der Waals surface area contributed by atoms with Crippen LogP contribution >= 0.6 is 11.3 Å². The Balaban J connectivity index is 1.78. The molecule has 7 heteroatoms. The van der Waals surface area contributed by atoms with E-state index < -0.39 is 11.7 Å². The third kappa shape index (κ3) is 2.89. The highest BCUT2D eigenvalue weighted by molar-refractivity contribution is 7.17. The maximum absolute atomic E-state index is 12.5. The first-order chi connectivity index (χ1) is 10.4. The summed E-state index contributed by atoms with van der Waals surface area (Å²) in [6.45, 7) is 2.38. The molecule has 0 aliphatic carbocycles. The second kappa shape index (κ2) is 5.57. The summed E-state index contributed by atoms with van der Waals surface area (Å²) in [7, 11) is 0. The molecular weight excluding hydrogens is 311 g/mol. The number of anilines is 1. The largest absolute Gasteiger partial charge is 0.416 e. The average Bonchev–Trinajstić information content (AvgIpc) is 2.87. The van der Waals surface area contributed by atoms with Gasteiger partial charge in [-0.2, -0.15) is 13.2 Å². The van der Waals surface area contributed by atoms with Crippen LogP contribution < -0.4 is 5.32 Å². The summed E-state index contributed by atoms with van der Waals surface area (Å²) in [5.74, 6) is 0.698. The number of nitrogens with zero attached hydrogens (tertiary/aromatic N) is 2. The molecule has 0 saturated carbocycles. The molecule has 3 nitrogen and oxygen atoms in total. The normalized spacial score (nSPS) is 11.8. The van der Waals surface area contributed by atoms with E-state index in [-0.39, 0.29) is 0 Å². The summed E-state index contributed by atoms with van der Waals surface area (Å²) in [5.41, 5.74) is 1.19. The number of alkyl halides is 3. The molecule has 1 N–H and O–H groups in total. The van der Waals surface area contributed by atoms with Crippen molar-refractivity contribution in [2.75, 3.05) is 5.32 Å². The third-order valence-electron chi connectivity index (χ3n) is 3.30. The van der Waals surface area contributed by atoms with Gasteiger partial charge in [0, 0.05) is 6.54 Å². The number of halogens is 3. The van der Waals surface area contributed by atoms with E-state index in [0.29, 0.717) is 12.4 Å². The van der Waals surface area contributed by atoms with Crippen LogP contribution in [0.4, 0.5) is 19.0 Å². The summed E-state index contributed by atoms with van der Waals surface area (Å²) in [4.78, 5) is 9.31. The Morgan fingerprint density at radius 2 is 1.86 bits per heavy atom. The lowest BCUT2D eigenvalue weighted by Crippen LogP contribution is -2.06. The maximum atomic E-state index is 12.5. The molecule has 114 valence electrons. The van der Waals surface area contributed by atoms with Gasteiger partial charge in [0.2, 0.25) is 0 Å². The Morgan fingerprint density at radius 3 is 2.55 bits per heavy atom. The van der Waals surface area contributed by atoms with E-state index in [4.69, 9.17) is 0 Å². The molecule has 0 atom stereocenters. The van der Waals surface area contributed by atoms with Crippen LogP contribution in [0, 0.1) is 6.92 Å². The Hall–Kier alpha value is -2.15. The molecule has 0 bridgehead atoms. The summed E-state index contributed by atoms with van der Waals surface area (Å²) in [5, 5.41) is 6.12. The molecule has 3 rings (SSSR count). The third-order valence-corrected chi connectivity index (χ3v) is 4.30. The molecule has 2 aromatic heterocycles. The summed E-state index contributed by atoms with van der Waals surface area (Å²) >= 11 is 1.54. The minimum atomic E-state index is -4.31. The second-order valence-corrected chi connectivity index (χ2v) is 5.73. The summed E-state index contributed by atoms with van der Waals surface area (Å²) in [6, 6.07) is 5.11. The van der Waals surface area contributed by atoms with Crippen LogP contribution in [0.2, 0.25) is 0 Å². The first-order valence-corrected chi connectivity index (χ1v) is 7.42. The Bertz CT molecular complexity index is 794. The molecule has 0 aliphatic rings. The number of aryl methyl sites for hydroxylation is 1. The first-order valence-electron chi connectivity index (χ1n) is 6.54. The molecule has 0 unspecified atom stereocenters. The monoisotopic (exact) mass is 323 g/mol. The van der Waals surface area contributed by atoms with Crippen LogP contribution in [0.5, 0.6) is 0 Å². The van der Waals surface area contributed by atoms with Crippen LogP contribution in [0.25, 0.3) is 10.2 Å². The Kier molecular flexibility index (Phi) is 3.74. The molecule has 0 fully saturated rings. The van der Waals surface area contributed by atoms with Crippen LogP contribution in [0.15, 0.2) is 36.0 Å². The van der Waals surface area contributed by atoms with Crippen LogP contribution in [-0.4, -0.2) is 9.97 Å². The molecule has 0 radical (unpaired) electrons. The zero-order valence-corrected chi connectivity index (χ0v) is 12.4. The molecule has 22 heavy (non-hydrogen) atoms. The standard InChI is InChI=1S/C15H12F3N3S/c1-9-7-22-14-12(9)13(20-8-21-14)19-6-10-2-4-11(5-3-10)15(16,17)18/h2-5,7-8H,6H2,1H3,(H,19,20,21). The van der Waals surface area contributed by atoms with E-state index in [2.05, 4.69) is 15.3 Å². The van der Waals surface area contributed by atoms with Crippen molar-refractivity contribution in [3.8, 4) is 0 Å². The fraction of sp³-hybridized carbons (Fsp3) is 0.200. The van der Waals surface area contributed by atoms with Crippen molar-refractivity contribution >= 4 is 27.4 Å². The van der Waals surface area contributed by atoms with Crippen molar-refractivity contribution in [3.05, 3.63) is 52.7 Å². The molecule has 1 aromatic carbocycles. The van der Waals surface area contributed by atoms with E-state index >= 15 is 0 Å². The number of nitrogens with one attached hydrogen (secondary N) is 1. The number of rotatable bonds is 3. The Labute approximate surface area is 128 Å². The van der Waals surface area contributed by atoms with Crippen molar-refractivity contribution in [1.29, 1.82) is 0 Å². The maximum Gasteiger partial charge on any atom is 0.416 e. The predicted octanol–water partition coefficient (Wildman–Crippen LogP) is 4.63. The molecular formula is C15H12F3N3S. The molecule has 0 aliphatic heterocycles. The van der Waals surface area contributed by atoms with Gasteiger partial charge in [0.25, 0.3) is 0 Å². The van der Waals surface area contributed by atoms with Gasteiger partial charge in [-0.05, 0) is 35.6 Å². The van der Waals surface area contributed by atoms with Gasteiger partial charge in [-0.1, -0.05) is 12.1 Å². The van der Waals surface area contributed by atoms with Crippen molar-refractivity contribution < 1.29 is 13.2 Å². The zero-order valence-electron chi connectivity index (χ0n) is 11.6. The number of hydrogen-bond acceptors (Lipinski definition) is 4. The lowest BCUT2D eigenvalue weighted by Gasteiger charge is -2.09. The van der Waals surface area contributed by atoms with Gasteiger partial charge in [-0.15, -0.1) is 11.3 Å². The molecule has 2 heterocycles. The van der Waals surface area contributed by atoms with E-state index in [1.807, 2.05) is 12.3 Å². The molecule has 0 amide bonds. The van der Waals surface area contributed by atoms with Crippen LogP contribution in [0.3, 0.4) is 0 Å². The number of hydrogen-bond donors (Lipinski definition) is 1. The summed E-state index contributed by atoms with van der Waals surface area (Å²) in [6.07, 6.45) is -2.83. The number of benzene rings is 1. The molecule has 3 aromatic rings. The van der Waals surface area contributed by atoms with E-state index in [1.54, 1.807) is 0 Å². The highest BCUT2D eigenvalue weighted by Gasteiger charge is 2.29. The zero-order chi connectivity index (χ0) is 15.7. The van der Waals surface area contributed by atoms with Crippen molar-refractivity contribution in [2.24, 2.45) is 0 Å². The molecule has 0 saturated heterocycles. The minimum absolute atomic E-state index is 0.402. The van der Waals surface area contributed by atoms with Crippen molar-refractivity contribution in [2.45, 2.75) is 19.6 Å². The van der Waals surface area contributed by atoms with E-state index in [9.17, 15) is 13.2 Å². The fourth-order valence-corrected chi connectivity index (χ4v) is 3.04. The van der Waals surface area contributed by atoms with Gasteiger partial charge < -0.3 is 5.32 Å². The van der Waals surface area contributed by atoms with Crippen molar-refractivity contribution in [3.63, 3.8) is 0 Å². The van der Waals surface area contributed by atoms with E-state index in [1.165, 1.54) is 29.8 Å². The minimum Gasteiger partial charge on any atom is -0.365 e. The molecule has 0 spiro atoms. The average molecular weight is 323 g/mol. The lowest BCUT2D eigenvalue weighted by molar-refractivity contribution is -0.137. The number of thiophene rings is 1. The SMILES string of the molecule is Cc1csc2ncnc(NCc3ccc(C(F)(F)F)cc3)c12. The topological polar surface area (TPSA) is 37.8 Å². The number of fused-ring (bicyclic) bond motifs is 1. The van der Waals surface area contributed by atoms with Crippen molar-refractivity contribution in [1.82, 2.24) is 9.97 Å². The van der Waals surface area contributed by atoms with Crippen LogP contribution in [0.1, 0.15) is 16.7 Å². The first kappa shape index (κ1) is 14.8. The van der Waals surface area contributed by atoms with Gasteiger partial charge in [0.15, 0.2) is 0 Å². The van der Waals surface area contributed by atoms with Gasteiger partial charge >= 0.3 is 6.18 Å². The van der Waals surface area contributed by atoms with Crippen LogP contribution in [-0.2, 0) is 12.7 Å². The second-order valence-electron chi connectivity index (χ2n) is 4.87. The quantitative estimate of drug-likeness (QED) is 0.763. The van der Waals surface area contributed by atoms with Gasteiger partial charge in [0.1, 0.15) is 17.0 Å². The summed E-state index contributed by atoms with van der Waals surface area (Å²) < 4.78 is 37.6. The fourth-order valence-electron chi connectivity index (χ4n) is 2.15. The Morgan fingerprint density at radius 1 is 1.14 bits per heavy atom. The predicted molar refractivity (Wildman–Crippen MR) is 80.9 cm³/mol. The number of aromatic nitrogens is 2. The lowest BCUT2D eigenvalue weighted by atomic mass is 10.1. The highest BCUT2D eigenvalue weighted by Crippen LogP contribution is 2.30. The highest BCUT2D eigenvalue weighted by atomic mass is 32.1. The van der Waals surface area contributed by atoms with E-state index in [0.717, 1.165) is 33.5 Å². The van der Waals surface area contributed by atoms with Gasteiger partial charge in [0.05, 0.1) is 10.9 Å². The smallest absolute Gasteiger partial charge is 0.365 e.